The molecule has 30 heavy (non-hydrogen) atoms. The minimum atomic E-state index is -0.577. The lowest BCUT2D eigenvalue weighted by atomic mass is 10.2. The lowest BCUT2D eigenvalue weighted by Gasteiger charge is -2.12. The minimum absolute atomic E-state index is 0.125. The number of halogens is 2. The predicted octanol–water partition coefficient (Wildman–Crippen LogP) is 4.52. The Balaban J connectivity index is 1.64. The summed E-state index contributed by atoms with van der Waals surface area (Å²) in [6, 6.07) is 3.17. The SMILES string of the molecule is CCC(O)COc1cc(Cl)c(-c2noc(-c3cn4cc(C)nc(C)c4n3)n2)cc1Cl. The third-order valence-electron chi connectivity index (χ3n) is 4.54. The van der Waals surface area contributed by atoms with Gasteiger partial charge in [0, 0.05) is 24.0 Å². The number of aliphatic hydroxyl groups excluding tert-OH is 1. The lowest BCUT2D eigenvalue weighted by Crippen LogP contribution is -2.16. The molecule has 4 rings (SSSR count). The summed E-state index contributed by atoms with van der Waals surface area (Å²) in [4.78, 5) is 13.4. The van der Waals surface area contributed by atoms with E-state index < -0.39 is 6.10 Å². The molecule has 1 atom stereocenters. The van der Waals surface area contributed by atoms with Crippen molar-refractivity contribution in [3.8, 4) is 28.7 Å². The van der Waals surface area contributed by atoms with Gasteiger partial charge in [0.05, 0.1) is 27.5 Å². The zero-order valence-electron chi connectivity index (χ0n) is 16.6. The van der Waals surface area contributed by atoms with Gasteiger partial charge in [0.15, 0.2) is 5.65 Å². The summed E-state index contributed by atoms with van der Waals surface area (Å²) in [5.41, 5.74) is 3.43. The zero-order chi connectivity index (χ0) is 21.4. The van der Waals surface area contributed by atoms with Gasteiger partial charge in [-0.3, -0.25) is 4.98 Å². The van der Waals surface area contributed by atoms with Gasteiger partial charge in [-0.05, 0) is 26.3 Å². The summed E-state index contributed by atoms with van der Waals surface area (Å²) in [6.45, 7) is 5.80. The van der Waals surface area contributed by atoms with E-state index in [0.717, 1.165) is 11.4 Å². The first-order valence-electron chi connectivity index (χ1n) is 9.33. The van der Waals surface area contributed by atoms with Gasteiger partial charge in [-0.2, -0.15) is 4.98 Å². The Labute approximate surface area is 182 Å². The van der Waals surface area contributed by atoms with Crippen LogP contribution in [0.3, 0.4) is 0 Å². The molecule has 0 saturated heterocycles. The number of hydrogen-bond acceptors (Lipinski definition) is 7. The van der Waals surface area contributed by atoms with Gasteiger partial charge in [-0.25, -0.2) is 4.98 Å². The Hall–Kier alpha value is -2.68. The number of hydrogen-bond donors (Lipinski definition) is 1. The van der Waals surface area contributed by atoms with Crippen LogP contribution in [0.15, 0.2) is 29.0 Å². The summed E-state index contributed by atoms with van der Waals surface area (Å²) in [5, 5.41) is 14.4. The zero-order valence-corrected chi connectivity index (χ0v) is 18.1. The number of ether oxygens (including phenoxy) is 1. The van der Waals surface area contributed by atoms with E-state index in [9.17, 15) is 5.11 Å². The molecule has 0 amide bonds. The van der Waals surface area contributed by atoms with Gasteiger partial charge in [-0.1, -0.05) is 35.3 Å². The number of imidazole rings is 1. The molecule has 0 aliphatic carbocycles. The normalized spacial score (nSPS) is 12.5. The maximum Gasteiger partial charge on any atom is 0.278 e. The molecule has 0 spiro atoms. The number of rotatable bonds is 6. The van der Waals surface area contributed by atoms with Crippen LogP contribution in [-0.2, 0) is 0 Å². The number of nitrogens with zero attached hydrogens (tertiary/aromatic N) is 5. The molecule has 0 saturated carbocycles. The van der Waals surface area contributed by atoms with Crippen LogP contribution < -0.4 is 4.74 Å². The fraction of sp³-hybridized carbons (Fsp3) is 0.300. The standard InChI is InChI=1S/C20H19Cl2N5O3/c1-4-12(28)9-29-17-6-14(21)13(5-15(17)22)18-25-20(30-26-18)16-8-27-7-10(2)23-11(3)19(27)24-16/h5-8,12,28H,4,9H2,1-3H3. The average Bonchev–Trinajstić information content (AvgIpc) is 3.35. The van der Waals surface area contributed by atoms with E-state index in [4.69, 9.17) is 32.5 Å². The van der Waals surface area contributed by atoms with Crippen LogP contribution in [0.5, 0.6) is 5.75 Å². The van der Waals surface area contributed by atoms with E-state index in [-0.39, 0.29) is 18.3 Å². The maximum absolute atomic E-state index is 9.66. The van der Waals surface area contributed by atoms with Crippen LogP contribution in [0.25, 0.3) is 28.6 Å². The largest absolute Gasteiger partial charge is 0.489 e. The molecule has 1 N–H and O–H groups in total. The second-order valence-electron chi connectivity index (χ2n) is 6.88. The van der Waals surface area contributed by atoms with Crippen LogP contribution in [0.1, 0.15) is 24.7 Å². The van der Waals surface area contributed by atoms with Gasteiger partial charge >= 0.3 is 0 Å². The van der Waals surface area contributed by atoms with Gasteiger partial charge in [0.2, 0.25) is 5.82 Å². The minimum Gasteiger partial charge on any atom is -0.489 e. The lowest BCUT2D eigenvalue weighted by molar-refractivity contribution is 0.104. The van der Waals surface area contributed by atoms with Crippen molar-refractivity contribution in [3.05, 3.63) is 46.0 Å². The average molecular weight is 448 g/mol. The van der Waals surface area contributed by atoms with Crippen molar-refractivity contribution in [2.75, 3.05) is 6.61 Å². The molecule has 156 valence electrons. The summed E-state index contributed by atoms with van der Waals surface area (Å²) in [5.74, 6) is 0.907. The summed E-state index contributed by atoms with van der Waals surface area (Å²) in [6.07, 6.45) is 3.68. The second kappa shape index (κ2) is 8.22. The quantitative estimate of drug-likeness (QED) is 0.463. The highest BCUT2D eigenvalue weighted by Gasteiger charge is 2.19. The monoisotopic (exact) mass is 447 g/mol. The Morgan fingerprint density at radius 2 is 1.93 bits per heavy atom. The molecule has 0 aliphatic heterocycles. The van der Waals surface area contributed by atoms with E-state index in [0.29, 0.717) is 39.1 Å². The van der Waals surface area contributed by atoms with E-state index in [2.05, 4.69) is 20.1 Å². The molecular weight excluding hydrogens is 429 g/mol. The molecule has 0 radical (unpaired) electrons. The number of aliphatic hydroxyl groups is 1. The number of fused-ring (bicyclic) bond motifs is 1. The van der Waals surface area contributed by atoms with E-state index in [1.165, 1.54) is 0 Å². The first-order chi connectivity index (χ1) is 14.4. The summed E-state index contributed by atoms with van der Waals surface area (Å²) < 4.78 is 12.8. The molecule has 4 aromatic rings. The fourth-order valence-electron chi connectivity index (χ4n) is 2.96. The van der Waals surface area contributed by atoms with Crippen molar-refractivity contribution >= 4 is 28.8 Å². The van der Waals surface area contributed by atoms with Crippen molar-refractivity contribution in [2.45, 2.75) is 33.3 Å². The maximum atomic E-state index is 9.66. The molecule has 0 aliphatic rings. The van der Waals surface area contributed by atoms with Crippen molar-refractivity contribution in [2.24, 2.45) is 0 Å². The number of aryl methyl sites for hydroxylation is 2. The van der Waals surface area contributed by atoms with Crippen LogP contribution in [-0.4, -0.2) is 42.3 Å². The molecule has 3 heterocycles. The van der Waals surface area contributed by atoms with Gasteiger partial charge in [0.25, 0.3) is 5.89 Å². The first kappa shape index (κ1) is 20.6. The van der Waals surface area contributed by atoms with E-state index in [1.807, 2.05) is 31.4 Å². The molecular formula is C20H19Cl2N5O3. The van der Waals surface area contributed by atoms with Crippen LogP contribution in [0, 0.1) is 13.8 Å². The van der Waals surface area contributed by atoms with Gasteiger partial charge in [0.1, 0.15) is 18.1 Å². The fourth-order valence-corrected chi connectivity index (χ4v) is 3.42. The smallest absolute Gasteiger partial charge is 0.278 e. The van der Waals surface area contributed by atoms with Crippen molar-refractivity contribution < 1.29 is 14.4 Å². The topological polar surface area (TPSA) is 98.6 Å². The highest BCUT2D eigenvalue weighted by Crippen LogP contribution is 2.36. The Morgan fingerprint density at radius 3 is 2.70 bits per heavy atom. The Kier molecular flexibility index (Phi) is 5.64. The highest BCUT2D eigenvalue weighted by atomic mass is 35.5. The number of aromatic nitrogens is 5. The van der Waals surface area contributed by atoms with Crippen LogP contribution >= 0.6 is 23.2 Å². The highest BCUT2D eigenvalue weighted by molar-refractivity contribution is 6.36. The summed E-state index contributed by atoms with van der Waals surface area (Å²) in [7, 11) is 0. The molecule has 8 nitrogen and oxygen atoms in total. The van der Waals surface area contributed by atoms with Gasteiger partial charge in [-0.15, -0.1) is 0 Å². The molecule has 0 fully saturated rings. The third-order valence-corrected chi connectivity index (χ3v) is 5.14. The Bertz CT molecular complexity index is 1220. The van der Waals surface area contributed by atoms with E-state index >= 15 is 0 Å². The van der Waals surface area contributed by atoms with Gasteiger partial charge < -0.3 is 18.8 Å². The van der Waals surface area contributed by atoms with Crippen LogP contribution in [0.2, 0.25) is 10.0 Å². The molecule has 3 aromatic heterocycles. The predicted molar refractivity (Wildman–Crippen MR) is 113 cm³/mol. The van der Waals surface area contributed by atoms with Crippen LogP contribution in [0.4, 0.5) is 0 Å². The van der Waals surface area contributed by atoms with Crippen molar-refractivity contribution in [1.82, 2.24) is 24.5 Å². The first-order valence-corrected chi connectivity index (χ1v) is 10.1. The summed E-state index contributed by atoms with van der Waals surface area (Å²) >= 11 is 12.7. The second-order valence-corrected chi connectivity index (χ2v) is 7.70. The number of benzene rings is 1. The molecule has 10 heteroatoms. The van der Waals surface area contributed by atoms with E-state index in [1.54, 1.807) is 18.3 Å². The molecule has 0 bridgehead atoms. The third kappa shape index (κ3) is 3.98. The molecule has 1 unspecified atom stereocenters. The van der Waals surface area contributed by atoms with Crippen molar-refractivity contribution in [1.29, 1.82) is 0 Å². The molecule has 1 aromatic carbocycles. The Morgan fingerprint density at radius 1 is 1.13 bits per heavy atom. The van der Waals surface area contributed by atoms with Crippen molar-refractivity contribution in [3.63, 3.8) is 0 Å².